The van der Waals surface area contributed by atoms with Crippen molar-refractivity contribution in [1.82, 2.24) is 30.2 Å². The quantitative estimate of drug-likeness (QED) is 0.482. The van der Waals surface area contributed by atoms with Crippen LogP contribution in [0.5, 0.6) is 11.8 Å². The van der Waals surface area contributed by atoms with E-state index in [2.05, 4.69) is 31.8 Å². The van der Waals surface area contributed by atoms with E-state index < -0.39 is 17.8 Å². The van der Waals surface area contributed by atoms with Crippen LogP contribution in [0, 0.1) is 5.82 Å². The first kappa shape index (κ1) is 23.7. The summed E-state index contributed by atoms with van der Waals surface area (Å²) in [6.07, 6.45) is 5.25. The number of nitrogen functional groups attached to an aromatic ring is 1. The zero-order valence-electron chi connectivity index (χ0n) is 18.6. The van der Waals surface area contributed by atoms with Gasteiger partial charge in [0.1, 0.15) is 17.8 Å². The van der Waals surface area contributed by atoms with Gasteiger partial charge in [0.15, 0.2) is 11.6 Å². The Morgan fingerprint density at radius 1 is 1.29 bits per heavy atom. The second-order valence-corrected chi connectivity index (χ2v) is 7.44. The van der Waals surface area contributed by atoms with Crippen molar-refractivity contribution in [3.63, 3.8) is 0 Å². The molecule has 1 aliphatic heterocycles. The van der Waals surface area contributed by atoms with Crippen LogP contribution in [0.4, 0.5) is 10.2 Å². The second-order valence-electron chi connectivity index (χ2n) is 7.44. The standard InChI is InChI=1S/C23H22FN7O4/c1-2-18(32)28-11-15-12-34-9-8-31(15)22(33)20-19(21(25)30-13-29-20)14-4-5-17(16(24)10-14)35-23-26-6-3-7-27-23/h2-7,10,13,15H,1,8-9,11-12H2,(H,28,32)(H2,25,29,30). The van der Waals surface area contributed by atoms with Crippen LogP contribution in [0.15, 0.2) is 55.6 Å². The van der Waals surface area contributed by atoms with Gasteiger partial charge in [0.2, 0.25) is 5.91 Å². The molecular formula is C23H22FN7O4. The zero-order valence-corrected chi connectivity index (χ0v) is 18.6. The lowest BCUT2D eigenvalue weighted by Gasteiger charge is -2.35. The van der Waals surface area contributed by atoms with Gasteiger partial charge in [-0.15, -0.1) is 0 Å². The molecule has 1 aliphatic rings. The number of carbonyl (C=O) groups excluding carboxylic acids is 2. The molecule has 3 heterocycles. The Morgan fingerprint density at radius 3 is 2.83 bits per heavy atom. The van der Waals surface area contributed by atoms with Crippen LogP contribution in [0.3, 0.4) is 0 Å². The fourth-order valence-corrected chi connectivity index (χ4v) is 3.54. The molecule has 0 bridgehead atoms. The van der Waals surface area contributed by atoms with Crippen molar-refractivity contribution < 1.29 is 23.5 Å². The first-order valence-corrected chi connectivity index (χ1v) is 10.6. The molecule has 0 aliphatic carbocycles. The number of aromatic nitrogens is 4. The average Bonchev–Trinajstić information content (AvgIpc) is 2.88. The number of halogens is 1. The monoisotopic (exact) mass is 479 g/mol. The third-order valence-corrected chi connectivity index (χ3v) is 5.23. The predicted octanol–water partition coefficient (Wildman–Crippen LogP) is 1.59. The maximum absolute atomic E-state index is 14.9. The third kappa shape index (κ3) is 5.38. The van der Waals surface area contributed by atoms with Crippen LogP contribution in [-0.4, -0.2) is 69.0 Å². The summed E-state index contributed by atoms with van der Waals surface area (Å²) >= 11 is 0. The zero-order chi connectivity index (χ0) is 24.8. The number of hydrogen-bond donors (Lipinski definition) is 2. The van der Waals surface area contributed by atoms with E-state index in [9.17, 15) is 14.0 Å². The summed E-state index contributed by atoms with van der Waals surface area (Å²) in [5.41, 5.74) is 6.56. The number of nitrogens with two attached hydrogens (primary N) is 1. The van der Waals surface area contributed by atoms with Gasteiger partial charge in [-0.25, -0.2) is 24.3 Å². The molecule has 1 aromatic carbocycles. The normalized spacial score (nSPS) is 15.3. The number of nitrogens with zero attached hydrogens (tertiary/aromatic N) is 5. The van der Waals surface area contributed by atoms with Crippen LogP contribution in [-0.2, 0) is 9.53 Å². The molecule has 3 N–H and O–H groups in total. The number of hydrogen-bond acceptors (Lipinski definition) is 9. The molecule has 1 saturated heterocycles. The van der Waals surface area contributed by atoms with Crippen molar-refractivity contribution in [2.75, 3.05) is 32.0 Å². The number of carbonyl (C=O) groups is 2. The summed E-state index contributed by atoms with van der Waals surface area (Å²) in [7, 11) is 0. The molecule has 2 aromatic heterocycles. The Labute approximate surface area is 199 Å². The molecule has 2 amide bonds. The highest BCUT2D eigenvalue weighted by atomic mass is 19.1. The van der Waals surface area contributed by atoms with Crippen molar-refractivity contribution >= 4 is 17.6 Å². The first-order valence-electron chi connectivity index (χ1n) is 10.6. The lowest BCUT2D eigenvalue weighted by molar-refractivity contribution is -0.117. The van der Waals surface area contributed by atoms with Crippen LogP contribution in [0.25, 0.3) is 11.1 Å². The topological polar surface area (TPSA) is 145 Å². The van der Waals surface area contributed by atoms with E-state index in [1.54, 1.807) is 11.0 Å². The lowest BCUT2D eigenvalue weighted by atomic mass is 10.0. The number of anilines is 1. The average molecular weight is 479 g/mol. The minimum atomic E-state index is -0.715. The fraction of sp³-hybridized carbons (Fsp3) is 0.217. The maximum atomic E-state index is 14.9. The summed E-state index contributed by atoms with van der Waals surface area (Å²) in [5, 5.41) is 2.67. The molecule has 1 fully saturated rings. The minimum Gasteiger partial charge on any atom is -0.421 e. The van der Waals surface area contributed by atoms with Crippen molar-refractivity contribution in [3.05, 3.63) is 67.2 Å². The van der Waals surface area contributed by atoms with E-state index >= 15 is 0 Å². The van der Waals surface area contributed by atoms with Gasteiger partial charge in [-0.1, -0.05) is 12.6 Å². The molecule has 35 heavy (non-hydrogen) atoms. The molecule has 4 rings (SSSR count). The SMILES string of the molecule is C=CC(=O)NCC1COCCN1C(=O)c1ncnc(N)c1-c1ccc(Oc2ncccn2)c(F)c1. The molecular weight excluding hydrogens is 457 g/mol. The largest absolute Gasteiger partial charge is 0.421 e. The smallest absolute Gasteiger partial charge is 0.321 e. The Hall–Kier alpha value is -4.45. The van der Waals surface area contributed by atoms with Gasteiger partial charge < -0.3 is 25.4 Å². The minimum absolute atomic E-state index is 0.00101. The molecule has 3 aromatic rings. The number of benzene rings is 1. The third-order valence-electron chi connectivity index (χ3n) is 5.23. The van der Waals surface area contributed by atoms with E-state index in [0.29, 0.717) is 6.61 Å². The van der Waals surface area contributed by atoms with Crippen LogP contribution >= 0.6 is 0 Å². The summed E-state index contributed by atoms with van der Waals surface area (Å²) in [6.45, 7) is 4.39. The Kier molecular flexibility index (Phi) is 7.21. The first-order chi connectivity index (χ1) is 17.0. The van der Waals surface area contributed by atoms with E-state index in [1.807, 2.05) is 0 Å². The van der Waals surface area contributed by atoms with Crippen LogP contribution < -0.4 is 15.8 Å². The second kappa shape index (κ2) is 10.7. The molecule has 0 saturated carbocycles. The molecule has 1 atom stereocenters. The van der Waals surface area contributed by atoms with Gasteiger partial charge in [0.25, 0.3) is 5.91 Å². The molecule has 11 nitrogen and oxygen atoms in total. The highest BCUT2D eigenvalue weighted by molar-refractivity contribution is 6.01. The molecule has 0 radical (unpaired) electrons. The fourth-order valence-electron chi connectivity index (χ4n) is 3.54. The number of morpholine rings is 1. The van der Waals surface area contributed by atoms with Gasteiger partial charge in [0, 0.05) is 25.5 Å². The Balaban J connectivity index is 1.63. The predicted molar refractivity (Wildman–Crippen MR) is 123 cm³/mol. The summed E-state index contributed by atoms with van der Waals surface area (Å²) in [5.74, 6) is -1.63. The number of nitrogens with one attached hydrogen (secondary N) is 1. The number of amides is 2. The molecule has 12 heteroatoms. The van der Waals surface area contributed by atoms with Crippen molar-refractivity contribution in [1.29, 1.82) is 0 Å². The highest BCUT2D eigenvalue weighted by Gasteiger charge is 2.31. The van der Waals surface area contributed by atoms with E-state index in [1.165, 1.54) is 36.9 Å². The number of rotatable bonds is 7. The lowest BCUT2D eigenvalue weighted by Crippen LogP contribution is -2.53. The van der Waals surface area contributed by atoms with E-state index in [4.69, 9.17) is 15.2 Å². The number of ether oxygens (including phenoxy) is 2. The summed E-state index contributed by atoms with van der Waals surface area (Å²) in [6, 6.07) is 5.24. The summed E-state index contributed by atoms with van der Waals surface area (Å²) in [4.78, 5) is 42.6. The van der Waals surface area contributed by atoms with Gasteiger partial charge in [-0.2, -0.15) is 0 Å². The van der Waals surface area contributed by atoms with Crippen molar-refractivity contribution in [3.8, 4) is 22.9 Å². The molecule has 180 valence electrons. The molecule has 1 unspecified atom stereocenters. The highest BCUT2D eigenvalue weighted by Crippen LogP contribution is 2.32. The van der Waals surface area contributed by atoms with Crippen molar-refractivity contribution in [2.24, 2.45) is 0 Å². The van der Waals surface area contributed by atoms with Gasteiger partial charge >= 0.3 is 6.01 Å². The Bertz CT molecular complexity index is 1240. The van der Waals surface area contributed by atoms with Crippen LogP contribution in [0.1, 0.15) is 10.5 Å². The maximum Gasteiger partial charge on any atom is 0.321 e. The van der Waals surface area contributed by atoms with Gasteiger partial charge in [-0.05, 0) is 29.8 Å². The summed E-state index contributed by atoms with van der Waals surface area (Å²) < 4.78 is 25.8. The van der Waals surface area contributed by atoms with E-state index in [0.717, 1.165) is 6.08 Å². The van der Waals surface area contributed by atoms with Gasteiger partial charge in [0.05, 0.1) is 24.8 Å². The van der Waals surface area contributed by atoms with Gasteiger partial charge in [-0.3, -0.25) is 9.59 Å². The molecule has 0 spiro atoms. The Morgan fingerprint density at radius 2 is 2.09 bits per heavy atom. The van der Waals surface area contributed by atoms with E-state index in [-0.39, 0.29) is 60.0 Å². The van der Waals surface area contributed by atoms with Crippen LogP contribution in [0.2, 0.25) is 0 Å². The van der Waals surface area contributed by atoms with Crippen molar-refractivity contribution in [2.45, 2.75) is 6.04 Å².